The van der Waals surface area contributed by atoms with E-state index >= 15 is 0 Å². The van der Waals surface area contributed by atoms with Crippen molar-refractivity contribution in [2.24, 2.45) is 11.7 Å². The summed E-state index contributed by atoms with van der Waals surface area (Å²) in [5.74, 6) is 0.476. The van der Waals surface area contributed by atoms with Crippen LogP contribution >= 0.6 is 0 Å². The Bertz CT molecular complexity index is 950. The van der Waals surface area contributed by atoms with Crippen LogP contribution in [0.1, 0.15) is 25.8 Å². The Labute approximate surface area is 170 Å². The van der Waals surface area contributed by atoms with E-state index in [9.17, 15) is 10.1 Å². The Hall–Kier alpha value is -2.76. The molecule has 0 aliphatic carbocycles. The van der Waals surface area contributed by atoms with E-state index in [0.29, 0.717) is 23.5 Å². The van der Waals surface area contributed by atoms with Gasteiger partial charge in [0.2, 0.25) is 5.91 Å². The van der Waals surface area contributed by atoms with Crippen LogP contribution < -0.4 is 16.0 Å². The van der Waals surface area contributed by atoms with E-state index in [1.54, 1.807) is 18.5 Å². The minimum atomic E-state index is -0.165. The molecule has 29 heavy (non-hydrogen) atoms. The van der Waals surface area contributed by atoms with Gasteiger partial charge in [0.1, 0.15) is 17.1 Å². The van der Waals surface area contributed by atoms with Crippen LogP contribution in [-0.2, 0) is 4.79 Å². The molecule has 1 amide bonds. The molecule has 3 N–H and O–H groups in total. The molecule has 4 rings (SSSR count). The van der Waals surface area contributed by atoms with Crippen LogP contribution in [0.5, 0.6) is 0 Å². The minimum absolute atomic E-state index is 0.0560. The van der Waals surface area contributed by atoms with Gasteiger partial charge in [0.05, 0.1) is 17.3 Å². The highest BCUT2D eigenvalue weighted by Crippen LogP contribution is 2.30. The number of nitrogens with two attached hydrogens (primary N) is 1. The van der Waals surface area contributed by atoms with Gasteiger partial charge < -0.3 is 16.0 Å². The Morgan fingerprint density at radius 3 is 2.66 bits per heavy atom. The molecule has 152 valence electrons. The van der Waals surface area contributed by atoms with Crippen molar-refractivity contribution in [3.05, 3.63) is 30.1 Å². The maximum absolute atomic E-state index is 12.7. The third kappa shape index (κ3) is 3.88. The fourth-order valence-electron chi connectivity index (χ4n) is 4.39. The first kappa shape index (κ1) is 19.6. The number of hydrogen-bond acceptors (Lipinski definition) is 7. The number of amides is 1. The number of aromatic nitrogens is 2. The molecule has 0 spiro atoms. The second kappa shape index (κ2) is 7.93. The summed E-state index contributed by atoms with van der Waals surface area (Å²) in [5.41, 5.74) is 8.68. The number of piperidine rings is 1. The third-order valence-corrected chi connectivity index (χ3v) is 5.94. The van der Waals surface area contributed by atoms with Crippen LogP contribution in [0.3, 0.4) is 0 Å². The van der Waals surface area contributed by atoms with E-state index in [0.717, 1.165) is 37.3 Å². The predicted molar refractivity (Wildman–Crippen MR) is 111 cm³/mol. The maximum atomic E-state index is 12.7. The number of benzene rings is 1. The Morgan fingerprint density at radius 2 is 1.97 bits per heavy atom. The Balaban J connectivity index is 1.52. The number of carbonyl (C=O) groups excluding carboxylic acids is 1. The number of rotatable bonds is 4. The number of nitriles is 1. The topological polar surface area (TPSA) is 111 Å². The van der Waals surface area contributed by atoms with Gasteiger partial charge in [-0.05, 0) is 31.4 Å². The van der Waals surface area contributed by atoms with Crippen LogP contribution in [0.25, 0.3) is 11.0 Å². The molecule has 1 aromatic carbocycles. The van der Waals surface area contributed by atoms with Crippen molar-refractivity contribution in [3.8, 4) is 6.07 Å². The molecule has 3 heterocycles. The maximum Gasteiger partial charge on any atom is 0.237 e. The number of anilines is 1. The largest absolute Gasteiger partial charge is 0.367 e. The van der Waals surface area contributed by atoms with Gasteiger partial charge in [-0.1, -0.05) is 6.92 Å². The summed E-state index contributed by atoms with van der Waals surface area (Å²) in [5, 5.41) is 12.6. The van der Waals surface area contributed by atoms with Gasteiger partial charge in [0.25, 0.3) is 0 Å². The van der Waals surface area contributed by atoms with Crippen LogP contribution in [0.4, 0.5) is 5.69 Å². The van der Waals surface area contributed by atoms with Crippen molar-refractivity contribution in [3.63, 3.8) is 0 Å². The Kier molecular flexibility index (Phi) is 5.35. The van der Waals surface area contributed by atoms with Gasteiger partial charge >= 0.3 is 0 Å². The molecule has 0 saturated carbocycles. The summed E-state index contributed by atoms with van der Waals surface area (Å²) in [6.07, 6.45) is 4.20. The predicted octanol–water partition coefficient (Wildman–Crippen LogP) is 0.864. The zero-order valence-corrected chi connectivity index (χ0v) is 16.9. The van der Waals surface area contributed by atoms with Crippen molar-refractivity contribution in [1.82, 2.24) is 20.2 Å². The molecule has 2 aliphatic rings. The minimum Gasteiger partial charge on any atom is -0.367 e. The zero-order chi connectivity index (χ0) is 20.5. The quantitative estimate of drug-likeness (QED) is 0.792. The highest BCUT2D eigenvalue weighted by Gasteiger charge is 2.33. The SMILES string of the molecule is CC(C(=O)N[C@@H]1C[C@H](C)CN(c2ccc(C#N)c3nccnc23)C1)N1CC(N)C1. The van der Waals surface area contributed by atoms with Gasteiger partial charge in [-0.25, -0.2) is 0 Å². The molecule has 0 radical (unpaired) electrons. The number of fused-ring (bicyclic) bond motifs is 1. The average molecular weight is 393 g/mol. The van der Waals surface area contributed by atoms with Gasteiger partial charge in [-0.3, -0.25) is 19.7 Å². The van der Waals surface area contributed by atoms with Gasteiger partial charge in [0, 0.05) is 50.7 Å². The van der Waals surface area contributed by atoms with Crippen molar-refractivity contribution >= 4 is 22.6 Å². The fraction of sp³-hybridized carbons (Fsp3) is 0.524. The molecule has 2 aromatic rings. The third-order valence-electron chi connectivity index (χ3n) is 5.94. The van der Waals surface area contributed by atoms with Crippen LogP contribution in [0.2, 0.25) is 0 Å². The molecule has 1 aromatic heterocycles. The van der Waals surface area contributed by atoms with Crippen molar-refractivity contribution in [1.29, 1.82) is 5.26 Å². The smallest absolute Gasteiger partial charge is 0.237 e. The number of carbonyl (C=O) groups is 1. The van der Waals surface area contributed by atoms with Crippen LogP contribution in [0, 0.1) is 17.2 Å². The summed E-state index contributed by atoms with van der Waals surface area (Å²) >= 11 is 0. The monoisotopic (exact) mass is 393 g/mol. The summed E-state index contributed by atoms with van der Waals surface area (Å²) in [6.45, 7) is 7.27. The van der Waals surface area contributed by atoms with E-state index in [1.807, 2.05) is 13.0 Å². The second-order valence-electron chi connectivity index (χ2n) is 8.34. The molecular formula is C21H27N7O. The molecule has 8 nitrogen and oxygen atoms in total. The molecule has 1 unspecified atom stereocenters. The van der Waals surface area contributed by atoms with Gasteiger partial charge in [-0.15, -0.1) is 0 Å². The highest BCUT2D eigenvalue weighted by molar-refractivity contribution is 5.92. The number of likely N-dealkylation sites (tertiary alicyclic amines) is 1. The van der Waals surface area contributed by atoms with E-state index in [2.05, 4.69) is 38.1 Å². The van der Waals surface area contributed by atoms with E-state index in [1.165, 1.54) is 0 Å². The molecule has 2 aliphatic heterocycles. The van der Waals surface area contributed by atoms with Crippen molar-refractivity contribution in [2.45, 2.75) is 38.4 Å². The lowest BCUT2D eigenvalue weighted by atomic mass is 9.94. The van der Waals surface area contributed by atoms with Crippen molar-refractivity contribution < 1.29 is 4.79 Å². The molecule has 3 atom stereocenters. The normalized spacial score (nSPS) is 24.0. The van der Waals surface area contributed by atoms with Crippen LogP contribution in [0.15, 0.2) is 24.5 Å². The summed E-state index contributed by atoms with van der Waals surface area (Å²) in [7, 11) is 0. The summed E-state index contributed by atoms with van der Waals surface area (Å²) in [4.78, 5) is 25.9. The number of nitrogens with one attached hydrogen (secondary N) is 1. The lowest BCUT2D eigenvalue weighted by molar-refractivity contribution is -0.128. The van der Waals surface area contributed by atoms with E-state index in [-0.39, 0.29) is 24.0 Å². The number of nitrogens with zero attached hydrogens (tertiary/aromatic N) is 5. The fourth-order valence-corrected chi connectivity index (χ4v) is 4.39. The zero-order valence-electron chi connectivity index (χ0n) is 16.9. The molecule has 2 saturated heterocycles. The van der Waals surface area contributed by atoms with E-state index in [4.69, 9.17) is 5.73 Å². The highest BCUT2D eigenvalue weighted by atomic mass is 16.2. The lowest BCUT2D eigenvalue weighted by Gasteiger charge is -2.42. The average Bonchev–Trinajstić information content (AvgIpc) is 2.69. The second-order valence-corrected chi connectivity index (χ2v) is 8.34. The first-order valence-electron chi connectivity index (χ1n) is 10.1. The summed E-state index contributed by atoms with van der Waals surface area (Å²) < 4.78 is 0. The molecule has 2 fully saturated rings. The first-order chi connectivity index (χ1) is 14.0. The first-order valence-corrected chi connectivity index (χ1v) is 10.1. The lowest BCUT2D eigenvalue weighted by Crippen LogP contribution is -2.63. The number of hydrogen-bond donors (Lipinski definition) is 2. The van der Waals surface area contributed by atoms with E-state index < -0.39 is 0 Å². The van der Waals surface area contributed by atoms with Crippen molar-refractivity contribution in [2.75, 3.05) is 31.1 Å². The molecular weight excluding hydrogens is 366 g/mol. The van der Waals surface area contributed by atoms with Gasteiger partial charge in [-0.2, -0.15) is 5.26 Å². The standard InChI is InChI=1S/C21H27N7O/c1-13-7-17(26-21(29)14(2)27-10-16(23)11-27)12-28(9-13)18-4-3-15(8-22)19-20(18)25-6-5-24-19/h3-6,13-14,16-17H,7,9-12,23H2,1-2H3,(H,26,29)/t13-,14?,17+/m0/s1. The summed E-state index contributed by atoms with van der Waals surface area (Å²) in [6, 6.07) is 6.01. The molecule has 0 bridgehead atoms. The van der Waals surface area contributed by atoms with Gasteiger partial charge in [0.15, 0.2) is 0 Å². The Morgan fingerprint density at radius 1 is 1.24 bits per heavy atom. The molecule has 8 heteroatoms. The van der Waals surface area contributed by atoms with Crippen LogP contribution in [-0.4, -0.2) is 65.1 Å².